The van der Waals surface area contributed by atoms with Gasteiger partial charge in [0.1, 0.15) is 0 Å². The van der Waals surface area contributed by atoms with E-state index in [0.29, 0.717) is 0 Å². The Morgan fingerprint density at radius 3 is 0.944 bits per heavy atom. The minimum absolute atomic E-state index is 1.08. The third-order valence-corrected chi connectivity index (χ3v) is 0.584. The number of hydrogen-bond donors (Lipinski definition) is 0. The van der Waals surface area contributed by atoms with Crippen molar-refractivity contribution in [1.29, 1.82) is 0 Å². The molecule has 18 heavy (non-hydrogen) atoms. The molecule has 0 saturated heterocycles. The fourth-order valence-corrected chi connectivity index (χ4v) is 0. The number of hydrogen-bond acceptors (Lipinski definition) is 1. The summed E-state index contributed by atoms with van der Waals surface area (Å²) in [6.07, 6.45) is 7.62. The van der Waals surface area contributed by atoms with E-state index >= 15 is 0 Å². The van der Waals surface area contributed by atoms with Gasteiger partial charge in [0.05, 0.1) is 0 Å². The van der Waals surface area contributed by atoms with Gasteiger partial charge < -0.3 is 0 Å². The van der Waals surface area contributed by atoms with E-state index in [1.54, 1.807) is 12.2 Å². The highest BCUT2D eigenvalue weighted by molar-refractivity contribution is 5.24. The minimum atomic E-state index is 1.08. The van der Waals surface area contributed by atoms with Crippen molar-refractivity contribution in [3.63, 3.8) is 0 Å². The third-order valence-electron chi connectivity index (χ3n) is 0.584. The van der Waals surface area contributed by atoms with Crippen LogP contribution in [0.2, 0.25) is 0 Å². The summed E-state index contributed by atoms with van der Waals surface area (Å²) in [5.41, 5.74) is 0. The van der Waals surface area contributed by atoms with Gasteiger partial charge in [-0.25, -0.2) is 0 Å². The normalized spacial score (nSPS) is 4.61. The minimum Gasteiger partial charge on any atom is -0.273 e. The molecule has 1 heteroatoms. The molecular formula is C17H37N. The highest BCUT2D eigenvalue weighted by atomic mass is 14.6. The molecule has 0 aliphatic carbocycles. The monoisotopic (exact) mass is 255 g/mol. The first-order valence-electron chi connectivity index (χ1n) is 6.66. The smallest absolute Gasteiger partial charge is 0.0188 e. The van der Waals surface area contributed by atoms with Gasteiger partial charge in [0, 0.05) is 6.20 Å². The first-order valence-corrected chi connectivity index (χ1v) is 6.66. The van der Waals surface area contributed by atoms with Gasteiger partial charge in [0.25, 0.3) is 0 Å². The van der Waals surface area contributed by atoms with Gasteiger partial charge in [0.15, 0.2) is 0 Å². The Labute approximate surface area is 118 Å². The zero-order valence-electron chi connectivity index (χ0n) is 14.0. The van der Waals surface area contributed by atoms with E-state index in [9.17, 15) is 0 Å². The molecular weight excluding hydrogens is 218 g/mol. The summed E-state index contributed by atoms with van der Waals surface area (Å²) in [7, 11) is 0. The topological polar surface area (TPSA) is 12.4 Å². The Kier molecular flexibility index (Phi) is 312. The van der Waals surface area contributed by atoms with Crippen LogP contribution in [0.5, 0.6) is 0 Å². The Bertz CT molecular complexity index is 99.6. The first kappa shape index (κ1) is 36.0. The molecule has 0 bridgehead atoms. The Balaban J connectivity index is -0.0000000249. The molecule has 0 heterocycles. The quantitative estimate of drug-likeness (QED) is 0.297. The highest BCUT2D eigenvalue weighted by Gasteiger charge is 1.45. The maximum absolute atomic E-state index is 3.48. The lowest BCUT2D eigenvalue weighted by atomic mass is 10.5. The van der Waals surface area contributed by atoms with Gasteiger partial charge in [-0.2, -0.15) is 0 Å². The second-order valence-corrected chi connectivity index (χ2v) is 1.53. The molecule has 0 aliphatic heterocycles. The van der Waals surface area contributed by atoms with E-state index < -0.39 is 0 Å². The van der Waals surface area contributed by atoms with Crippen molar-refractivity contribution in [1.82, 2.24) is 0 Å². The molecule has 1 nitrogen and oxygen atoms in total. The molecule has 0 fully saturated rings. The zero-order valence-corrected chi connectivity index (χ0v) is 14.0. The molecule has 0 spiro atoms. The van der Waals surface area contributed by atoms with Crippen LogP contribution in [-0.2, 0) is 0 Å². The maximum Gasteiger partial charge on any atom is 0.0188 e. The van der Waals surface area contributed by atoms with Crippen LogP contribution in [0.15, 0.2) is 55.7 Å². The molecule has 0 rings (SSSR count). The van der Waals surface area contributed by atoms with Gasteiger partial charge >= 0.3 is 0 Å². The number of allylic oxidation sites excluding steroid dienone is 3. The van der Waals surface area contributed by atoms with Gasteiger partial charge in [-0.05, 0) is 13.1 Å². The van der Waals surface area contributed by atoms with Crippen LogP contribution in [0.1, 0.15) is 54.9 Å². The fourth-order valence-electron chi connectivity index (χ4n) is 0. The number of rotatable bonds is 3. The second kappa shape index (κ2) is 156. The van der Waals surface area contributed by atoms with E-state index in [4.69, 9.17) is 0 Å². The average molecular weight is 255 g/mol. The zero-order chi connectivity index (χ0) is 16.2. The Morgan fingerprint density at radius 2 is 0.944 bits per heavy atom. The van der Waals surface area contributed by atoms with Crippen LogP contribution in [0, 0.1) is 0 Å². The molecule has 0 radical (unpaired) electrons. The van der Waals surface area contributed by atoms with Gasteiger partial charge in [-0.15, -0.1) is 6.58 Å². The molecule has 0 N–H and O–H groups in total. The molecule has 0 aliphatic rings. The summed E-state index contributed by atoms with van der Waals surface area (Å²) in [5, 5.41) is 0. The second-order valence-electron chi connectivity index (χ2n) is 1.53. The molecule has 0 aromatic carbocycles. The molecule has 0 unspecified atom stereocenters. The van der Waals surface area contributed by atoms with E-state index in [-0.39, 0.29) is 0 Å². The van der Waals surface area contributed by atoms with E-state index in [1.165, 1.54) is 6.20 Å². The predicted octanol–water partition coefficient (Wildman–Crippen LogP) is 6.85. The first-order chi connectivity index (χ1) is 8.74. The van der Waals surface area contributed by atoms with Crippen LogP contribution in [-0.4, -0.2) is 6.72 Å². The lowest BCUT2D eigenvalue weighted by Gasteiger charge is -1.57. The maximum atomic E-state index is 3.48. The van der Waals surface area contributed by atoms with E-state index in [1.807, 2.05) is 47.6 Å². The Morgan fingerprint density at radius 1 is 0.778 bits per heavy atom. The summed E-state index contributed by atoms with van der Waals surface area (Å²) >= 11 is 0. The molecule has 0 saturated carbocycles. The number of nitrogens with zero attached hydrogens (tertiary/aromatic N) is 1. The molecule has 0 aromatic rings. The van der Waals surface area contributed by atoms with Crippen molar-refractivity contribution in [3.8, 4) is 0 Å². The molecule has 0 amide bonds. The van der Waals surface area contributed by atoms with Crippen molar-refractivity contribution in [2.75, 3.05) is 0 Å². The van der Waals surface area contributed by atoms with Crippen molar-refractivity contribution in [2.24, 2.45) is 4.99 Å². The summed E-state index contributed by atoms with van der Waals surface area (Å²) in [5.74, 6) is 0. The third kappa shape index (κ3) is 1020. The summed E-state index contributed by atoms with van der Waals surface area (Å²) in [6, 6.07) is 0. The van der Waals surface area contributed by atoms with Crippen LogP contribution in [0.4, 0.5) is 0 Å². The van der Waals surface area contributed by atoms with Gasteiger partial charge in [-0.3, -0.25) is 4.99 Å². The predicted molar refractivity (Wildman–Crippen MR) is 94.7 cm³/mol. The van der Waals surface area contributed by atoms with E-state index in [2.05, 4.69) is 44.9 Å². The van der Waals surface area contributed by atoms with E-state index in [0.717, 1.165) is 6.42 Å². The fraction of sp³-hybridized carbons (Fsp3) is 0.471. The van der Waals surface area contributed by atoms with Crippen molar-refractivity contribution < 1.29 is 0 Å². The lowest BCUT2D eigenvalue weighted by Crippen LogP contribution is -1.36. The average Bonchev–Trinajstić information content (AvgIpc) is 2.53. The summed E-state index contributed by atoms with van der Waals surface area (Å²) in [6.45, 7) is 30.6. The van der Waals surface area contributed by atoms with Crippen LogP contribution < -0.4 is 0 Å². The van der Waals surface area contributed by atoms with Gasteiger partial charge in [0.2, 0.25) is 0 Å². The van der Waals surface area contributed by atoms with Crippen LogP contribution in [0.25, 0.3) is 0 Å². The van der Waals surface area contributed by atoms with Crippen molar-refractivity contribution >= 4 is 6.72 Å². The summed E-state index contributed by atoms with van der Waals surface area (Å²) in [4.78, 5) is 3.25. The standard InChI is InChI=1S/C4H8.C4H6.C3H5N.3C2H6/c3*1-3-4-2;3*1-2/h3H,1,4H2,2H3;3-4H,1-2H2;3H,1-2H2;3*1-2H3. The number of aliphatic imine (C=N–C) groups is 1. The van der Waals surface area contributed by atoms with Crippen LogP contribution in [0.3, 0.4) is 0 Å². The molecule has 0 atom stereocenters. The van der Waals surface area contributed by atoms with Gasteiger partial charge in [-0.1, -0.05) is 86.4 Å². The lowest BCUT2D eigenvalue weighted by molar-refractivity contribution is 1.23. The van der Waals surface area contributed by atoms with Crippen molar-refractivity contribution in [2.45, 2.75) is 54.9 Å². The molecule has 110 valence electrons. The van der Waals surface area contributed by atoms with Crippen LogP contribution >= 0.6 is 0 Å². The SMILES string of the molecule is C=CC=C.C=CCC.C=CN=C.CC.CC.CC. The highest BCUT2D eigenvalue weighted by Crippen LogP contribution is 1.66. The Hall–Kier alpha value is -1.37. The van der Waals surface area contributed by atoms with Crippen molar-refractivity contribution in [3.05, 3.63) is 50.7 Å². The largest absolute Gasteiger partial charge is 0.273 e. The molecule has 0 aromatic heterocycles. The summed E-state index contributed by atoms with van der Waals surface area (Å²) < 4.78 is 0.